The zero-order valence-corrected chi connectivity index (χ0v) is 12.9. The van der Waals surface area contributed by atoms with Gasteiger partial charge in [0, 0.05) is 11.4 Å². The maximum atomic E-state index is 12.6. The number of fused-ring (bicyclic) bond motifs is 3. The molecule has 1 aliphatic heterocycles. The topological polar surface area (TPSA) is 86.3 Å². The Morgan fingerprint density at radius 1 is 1.41 bits per heavy atom. The Bertz CT molecular complexity index is 810. The van der Waals surface area contributed by atoms with Crippen molar-refractivity contribution in [2.24, 2.45) is 0 Å². The number of aromatic nitrogens is 2. The molecule has 2 N–H and O–H groups in total. The first-order chi connectivity index (χ1) is 10.7. The number of carbonyl (C=O) groups excluding carboxylic acids is 1. The van der Waals surface area contributed by atoms with E-state index in [1.807, 2.05) is 0 Å². The Kier molecular flexibility index (Phi) is 3.27. The largest absolute Gasteiger partial charge is 0.394 e. The smallest absolute Gasteiger partial charge is 0.290 e. The third-order valence-corrected chi connectivity index (χ3v) is 5.81. The summed E-state index contributed by atoms with van der Waals surface area (Å²) in [4.78, 5) is 35.5. The van der Waals surface area contributed by atoms with Crippen molar-refractivity contribution in [3.05, 3.63) is 26.6 Å². The van der Waals surface area contributed by atoms with Crippen LogP contribution in [-0.2, 0) is 12.8 Å². The third kappa shape index (κ3) is 1.99. The van der Waals surface area contributed by atoms with Crippen LogP contribution in [0.4, 0.5) is 0 Å². The zero-order valence-electron chi connectivity index (χ0n) is 12.1. The van der Waals surface area contributed by atoms with E-state index in [9.17, 15) is 14.7 Å². The van der Waals surface area contributed by atoms with Gasteiger partial charge in [-0.3, -0.25) is 9.59 Å². The number of H-pyrrole nitrogens is 1. The van der Waals surface area contributed by atoms with Crippen LogP contribution in [0.25, 0.3) is 10.2 Å². The van der Waals surface area contributed by atoms with Gasteiger partial charge in [0.1, 0.15) is 4.83 Å². The van der Waals surface area contributed by atoms with Gasteiger partial charge in [0.2, 0.25) is 5.82 Å². The number of likely N-dealkylation sites (tertiary alicyclic amines) is 1. The fourth-order valence-corrected chi connectivity index (χ4v) is 4.79. The first kappa shape index (κ1) is 13.9. The molecule has 116 valence electrons. The fourth-order valence-electron chi connectivity index (χ4n) is 3.53. The summed E-state index contributed by atoms with van der Waals surface area (Å²) < 4.78 is 0. The third-order valence-electron chi connectivity index (χ3n) is 4.63. The van der Waals surface area contributed by atoms with Crippen molar-refractivity contribution in [2.45, 2.75) is 38.1 Å². The molecule has 0 bridgehead atoms. The molecule has 1 saturated heterocycles. The number of amides is 1. The molecule has 1 fully saturated rings. The second-order valence-electron chi connectivity index (χ2n) is 5.93. The molecule has 3 heterocycles. The van der Waals surface area contributed by atoms with Gasteiger partial charge in [-0.25, -0.2) is 4.98 Å². The minimum absolute atomic E-state index is 0.0501. The van der Waals surface area contributed by atoms with E-state index < -0.39 is 0 Å². The highest BCUT2D eigenvalue weighted by Crippen LogP contribution is 2.34. The van der Waals surface area contributed by atoms with Gasteiger partial charge in [-0.15, -0.1) is 11.3 Å². The normalized spacial score (nSPS) is 20.8. The summed E-state index contributed by atoms with van der Waals surface area (Å²) in [7, 11) is 0. The lowest BCUT2D eigenvalue weighted by Gasteiger charge is -2.22. The van der Waals surface area contributed by atoms with Crippen molar-refractivity contribution in [1.82, 2.24) is 14.9 Å². The molecule has 1 amide bonds. The van der Waals surface area contributed by atoms with Gasteiger partial charge < -0.3 is 15.0 Å². The molecular formula is C15H17N3O3S. The van der Waals surface area contributed by atoms with Crippen molar-refractivity contribution < 1.29 is 9.90 Å². The molecule has 2 aliphatic rings. The Balaban J connectivity index is 1.77. The average Bonchev–Trinajstić information content (AvgIpc) is 3.20. The maximum Gasteiger partial charge on any atom is 0.290 e. The summed E-state index contributed by atoms with van der Waals surface area (Å²) in [6.07, 6.45) is 4.67. The van der Waals surface area contributed by atoms with Crippen LogP contribution >= 0.6 is 11.3 Å². The molecule has 0 spiro atoms. The van der Waals surface area contributed by atoms with Crippen molar-refractivity contribution in [1.29, 1.82) is 0 Å². The number of nitrogens with zero attached hydrogens (tertiary/aromatic N) is 2. The highest BCUT2D eigenvalue weighted by atomic mass is 32.1. The van der Waals surface area contributed by atoms with Crippen LogP contribution in [0.15, 0.2) is 4.79 Å². The van der Waals surface area contributed by atoms with E-state index in [0.29, 0.717) is 16.8 Å². The first-order valence-corrected chi connectivity index (χ1v) is 8.47. The lowest BCUT2D eigenvalue weighted by Crippen LogP contribution is -2.39. The standard InChI is InChI=1S/C15H17N3O3S/c19-7-8-3-2-6-18(8)15(21)12-16-13(20)11-9-4-1-5-10(9)22-14(11)17-12/h8,19H,1-7H2,(H,16,17,20)/t8-/m0/s1. The Morgan fingerprint density at radius 3 is 3.09 bits per heavy atom. The molecule has 4 rings (SSSR count). The van der Waals surface area contributed by atoms with Gasteiger partial charge in [-0.1, -0.05) is 0 Å². The summed E-state index contributed by atoms with van der Waals surface area (Å²) in [6.45, 7) is 0.554. The van der Waals surface area contributed by atoms with Crippen LogP contribution in [0.5, 0.6) is 0 Å². The van der Waals surface area contributed by atoms with E-state index in [1.54, 1.807) is 4.90 Å². The summed E-state index contributed by atoms with van der Waals surface area (Å²) in [6, 6.07) is -0.165. The molecule has 22 heavy (non-hydrogen) atoms. The SMILES string of the molecule is O=C(c1nc2sc3c(c2c(=O)[nH]1)CCC3)N1CCC[C@H]1CO. The molecule has 0 aromatic carbocycles. The number of hydrogen-bond acceptors (Lipinski definition) is 5. The predicted molar refractivity (Wildman–Crippen MR) is 83.4 cm³/mol. The van der Waals surface area contributed by atoms with Gasteiger partial charge in [0.15, 0.2) is 0 Å². The van der Waals surface area contributed by atoms with Crippen molar-refractivity contribution >= 4 is 27.5 Å². The molecule has 2 aromatic heterocycles. The van der Waals surface area contributed by atoms with Crippen molar-refractivity contribution in [2.75, 3.05) is 13.2 Å². The predicted octanol–water partition coefficient (Wildman–Crippen LogP) is 1.07. The lowest BCUT2D eigenvalue weighted by molar-refractivity contribution is 0.0665. The highest BCUT2D eigenvalue weighted by molar-refractivity contribution is 7.18. The molecule has 0 saturated carbocycles. The second kappa shape index (κ2) is 5.17. The number of thiophene rings is 1. The molecule has 7 heteroatoms. The fraction of sp³-hybridized carbons (Fsp3) is 0.533. The molecule has 0 unspecified atom stereocenters. The van der Waals surface area contributed by atoms with Gasteiger partial charge in [-0.2, -0.15) is 0 Å². The molecule has 1 aliphatic carbocycles. The molecule has 6 nitrogen and oxygen atoms in total. The van der Waals surface area contributed by atoms with E-state index >= 15 is 0 Å². The monoisotopic (exact) mass is 319 g/mol. The van der Waals surface area contributed by atoms with Crippen molar-refractivity contribution in [3.63, 3.8) is 0 Å². The van der Waals surface area contributed by atoms with Gasteiger partial charge in [-0.05, 0) is 37.7 Å². The number of aliphatic hydroxyl groups is 1. The molecule has 1 atom stereocenters. The van der Waals surface area contributed by atoms with Gasteiger partial charge >= 0.3 is 0 Å². The number of aromatic amines is 1. The average molecular weight is 319 g/mol. The van der Waals surface area contributed by atoms with Gasteiger partial charge in [0.25, 0.3) is 11.5 Å². The van der Waals surface area contributed by atoms with E-state index in [4.69, 9.17) is 0 Å². The number of aryl methyl sites for hydroxylation is 2. The Labute approximate surface area is 130 Å². The highest BCUT2D eigenvalue weighted by Gasteiger charge is 2.31. The van der Waals surface area contributed by atoms with E-state index in [1.165, 1.54) is 16.2 Å². The van der Waals surface area contributed by atoms with Gasteiger partial charge in [0.05, 0.1) is 18.0 Å². The molecule has 0 radical (unpaired) electrons. The summed E-state index contributed by atoms with van der Waals surface area (Å²) in [5.41, 5.74) is 0.898. The van der Waals surface area contributed by atoms with Crippen LogP contribution < -0.4 is 5.56 Å². The zero-order chi connectivity index (χ0) is 15.3. The van der Waals surface area contributed by atoms with E-state index in [-0.39, 0.29) is 29.9 Å². The maximum absolute atomic E-state index is 12.6. The quantitative estimate of drug-likeness (QED) is 0.867. The minimum atomic E-state index is -0.288. The second-order valence-corrected chi connectivity index (χ2v) is 7.01. The van der Waals surface area contributed by atoms with Crippen LogP contribution in [0.2, 0.25) is 0 Å². The van der Waals surface area contributed by atoms with Crippen LogP contribution in [0.1, 0.15) is 40.3 Å². The molecule has 2 aromatic rings. The Hall–Kier alpha value is -1.73. The van der Waals surface area contributed by atoms with E-state index in [0.717, 1.165) is 37.7 Å². The lowest BCUT2D eigenvalue weighted by atomic mass is 10.2. The number of nitrogens with one attached hydrogen (secondary N) is 1. The van der Waals surface area contributed by atoms with Crippen LogP contribution in [-0.4, -0.2) is 45.1 Å². The first-order valence-electron chi connectivity index (χ1n) is 7.65. The van der Waals surface area contributed by atoms with Crippen LogP contribution in [0.3, 0.4) is 0 Å². The number of hydrogen-bond donors (Lipinski definition) is 2. The van der Waals surface area contributed by atoms with Crippen molar-refractivity contribution in [3.8, 4) is 0 Å². The minimum Gasteiger partial charge on any atom is -0.394 e. The molecular weight excluding hydrogens is 302 g/mol. The summed E-state index contributed by atoms with van der Waals surface area (Å²) in [5.74, 6) is -0.193. The summed E-state index contributed by atoms with van der Waals surface area (Å²) in [5, 5.41) is 10.0. The van der Waals surface area contributed by atoms with Crippen LogP contribution in [0, 0.1) is 0 Å². The number of aliphatic hydroxyl groups excluding tert-OH is 1. The summed E-state index contributed by atoms with van der Waals surface area (Å²) >= 11 is 1.53. The Morgan fingerprint density at radius 2 is 2.27 bits per heavy atom. The van der Waals surface area contributed by atoms with E-state index in [2.05, 4.69) is 9.97 Å². The number of rotatable bonds is 2. The number of carbonyl (C=O) groups is 1.